The third-order valence-electron chi connectivity index (χ3n) is 9.85. The molecule has 1 unspecified atom stereocenters. The fourth-order valence-corrected chi connectivity index (χ4v) is 6.74. The summed E-state index contributed by atoms with van der Waals surface area (Å²) in [4.78, 5) is 55.1. The number of benzene rings is 3. The molecule has 0 aliphatic carbocycles. The zero-order valence-electron chi connectivity index (χ0n) is 36.1. The number of aryl methyl sites for hydroxylation is 3. The molecule has 1 fully saturated rings. The minimum absolute atomic E-state index is 0.00904. The Balaban J connectivity index is 0.00000473. The van der Waals surface area contributed by atoms with E-state index in [0.717, 1.165) is 36.0 Å². The monoisotopic (exact) mass is 845 g/mol. The molecule has 325 valence electrons. The molecule has 3 aromatic carbocycles. The summed E-state index contributed by atoms with van der Waals surface area (Å²) >= 11 is 3.53. The first-order valence-electron chi connectivity index (χ1n) is 20.7. The second kappa shape index (κ2) is 25.7. The van der Waals surface area contributed by atoms with Crippen LogP contribution in [0.4, 0.5) is 9.18 Å². The average molecular weight is 846 g/mol. The minimum atomic E-state index is -1.12. The Labute approximate surface area is 362 Å². The summed E-state index contributed by atoms with van der Waals surface area (Å²) in [6.45, 7) is 11.6. The van der Waals surface area contributed by atoms with Crippen LogP contribution in [0.1, 0.15) is 88.5 Å². The van der Waals surface area contributed by atoms with E-state index in [0.29, 0.717) is 49.8 Å². The standard InChI is InChI=1S/C45H59BFN4O7.CH4S/c1-6-56-40(46)28-39(49-41(52)22-19-33-14-10-16-36(47)26-33)43(54)50-38(21-18-32-12-8-7-9-13-32)42(53)48-29-35-27-37(20-17-31(35)2)57-25-23-34-15-11-24-51(30-34)44(55)58-45(3,4)5;1-2/h7-10,12-14,16-17,20,26-27,34,38-39H,6,11,15,18-19,21-25,28-30H2,1-5H3,(H,48,53)(H,49,52)(H,50,54);2H,1H3/t34?,38-,39-;/m0./s1. The van der Waals surface area contributed by atoms with Gasteiger partial charge in [0.15, 0.2) is 0 Å². The zero-order chi connectivity index (χ0) is 44.1. The van der Waals surface area contributed by atoms with Crippen LogP contribution >= 0.6 is 12.6 Å². The van der Waals surface area contributed by atoms with Gasteiger partial charge in [-0.15, -0.1) is 0 Å². The molecule has 60 heavy (non-hydrogen) atoms. The number of amides is 4. The van der Waals surface area contributed by atoms with E-state index in [4.69, 9.17) is 21.7 Å². The normalized spacial score (nSPS) is 14.7. The van der Waals surface area contributed by atoms with Crippen molar-refractivity contribution >= 4 is 49.6 Å². The average Bonchev–Trinajstić information content (AvgIpc) is 3.22. The summed E-state index contributed by atoms with van der Waals surface area (Å²) in [5, 5.41) is 8.61. The molecule has 1 aliphatic heterocycles. The van der Waals surface area contributed by atoms with Crippen molar-refractivity contribution in [1.82, 2.24) is 20.9 Å². The van der Waals surface area contributed by atoms with Gasteiger partial charge in [0.05, 0.1) is 6.61 Å². The van der Waals surface area contributed by atoms with Crippen molar-refractivity contribution in [3.05, 3.63) is 101 Å². The Morgan fingerprint density at radius 1 is 0.933 bits per heavy atom. The number of thiol groups is 1. The van der Waals surface area contributed by atoms with E-state index in [1.165, 1.54) is 12.1 Å². The molecule has 0 saturated carbocycles. The molecule has 4 amide bonds. The molecule has 3 atom stereocenters. The fourth-order valence-electron chi connectivity index (χ4n) is 6.74. The molecule has 14 heteroatoms. The number of carbonyl (C=O) groups excluding carboxylic acids is 4. The van der Waals surface area contributed by atoms with E-state index in [1.807, 2.05) is 76.2 Å². The van der Waals surface area contributed by atoms with E-state index in [2.05, 4.69) is 28.6 Å². The SMILES string of the molecule is CS.[B]=C(C[C@H](NC(=O)CCc1cccc(F)c1)C(=O)N[C@@H](CCc1ccccc1)C(=O)NCc1cc(OCCC2CCCN(C(=O)OC(C)(C)C)C2)ccc1C)OCC. The van der Waals surface area contributed by atoms with Gasteiger partial charge in [0.25, 0.3) is 0 Å². The van der Waals surface area contributed by atoms with Crippen LogP contribution in [0.15, 0.2) is 72.8 Å². The first-order chi connectivity index (χ1) is 28.7. The number of hydrogen-bond acceptors (Lipinski definition) is 8. The Kier molecular flexibility index (Phi) is 21.2. The van der Waals surface area contributed by atoms with Crippen LogP contribution in [0.5, 0.6) is 5.75 Å². The molecule has 11 nitrogen and oxygen atoms in total. The third-order valence-corrected chi connectivity index (χ3v) is 9.85. The van der Waals surface area contributed by atoms with Gasteiger partial charge in [-0.2, -0.15) is 12.6 Å². The van der Waals surface area contributed by atoms with Crippen molar-refractivity contribution in [3.8, 4) is 5.75 Å². The van der Waals surface area contributed by atoms with Crippen LogP contribution in [0.25, 0.3) is 0 Å². The van der Waals surface area contributed by atoms with Gasteiger partial charge in [0.1, 0.15) is 5.60 Å². The van der Waals surface area contributed by atoms with Gasteiger partial charge in [-0.05, 0) is 58.3 Å². The van der Waals surface area contributed by atoms with E-state index in [-0.39, 0.29) is 50.1 Å². The number of ether oxygens (including phenoxy) is 3. The maximum atomic E-state index is 13.9. The molecule has 1 saturated heterocycles. The van der Waals surface area contributed by atoms with Gasteiger partial charge in [0.2, 0.25) is 0 Å². The van der Waals surface area contributed by atoms with Gasteiger partial charge < -0.3 is 14.4 Å². The van der Waals surface area contributed by atoms with Crippen molar-refractivity contribution in [3.63, 3.8) is 0 Å². The van der Waals surface area contributed by atoms with Gasteiger partial charge in [-0.3, -0.25) is 0 Å². The Hall–Kier alpha value is -4.85. The Morgan fingerprint density at radius 2 is 1.67 bits per heavy atom. The van der Waals surface area contributed by atoms with Crippen molar-refractivity contribution in [2.24, 2.45) is 5.92 Å². The Bertz CT molecular complexity index is 1840. The number of rotatable bonds is 20. The number of nitrogens with zero attached hydrogens (tertiary/aromatic N) is 1. The van der Waals surface area contributed by atoms with E-state index < -0.39 is 35.3 Å². The molecule has 1 heterocycles. The summed E-state index contributed by atoms with van der Waals surface area (Å²) in [6.07, 6.45) is 5.10. The number of hydrogen-bond donors (Lipinski definition) is 4. The Morgan fingerprint density at radius 3 is 2.37 bits per heavy atom. The second-order valence-electron chi connectivity index (χ2n) is 15.8. The molecule has 3 N–H and O–H groups in total. The molecule has 3 aromatic rings. The summed E-state index contributed by atoms with van der Waals surface area (Å²) in [7, 11) is 6.06. The summed E-state index contributed by atoms with van der Waals surface area (Å²) in [5.74, 6) is -0.838. The summed E-state index contributed by atoms with van der Waals surface area (Å²) in [5.41, 5.74) is 2.99. The van der Waals surface area contributed by atoms with Gasteiger partial charge in [0, 0.05) is 13.1 Å². The van der Waals surface area contributed by atoms with Crippen LogP contribution < -0.4 is 20.7 Å². The maximum absolute atomic E-state index is 13.9. The number of halogens is 1. The van der Waals surface area contributed by atoms with Crippen LogP contribution in [-0.4, -0.2) is 92.1 Å². The van der Waals surface area contributed by atoms with Gasteiger partial charge in [-0.1, -0.05) is 0 Å². The van der Waals surface area contributed by atoms with Crippen molar-refractivity contribution in [2.45, 2.75) is 110 Å². The van der Waals surface area contributed by atoms with E-state index in [1.54, 1.807) is 30.2 Å². The number of nitrogens with one attached hydrogen (secondary N) is 3. The molecule has 0 aromatic heterocycles. The summed E-state index contributed by atoms with van der Waals surface area (Å²) in [6, 6.07) is 19.3. The van der Waals surface area contributed by atoms with E-state index >= 15 is 0 Å². The van der Waals surface area contributed by atoms with Crippen LogP contribution in [0, 0.1) is 18.7 Å². The molecule has 0 spiro atoms. The first-order valence-corrected chi connectivity index (χ1v) is 21.6. The zero-order valence-corrected chi connectivity index (χ0v) is 37.0. The fraction of sp³-hybridized carbons (Fsp3) is 0.500. The predicted molar refractivity (Wildman–Crippen MR) is 239 cm³/mol. The van der Waals surface area contributed by atoms with Crippen molar-refractivity contribution in [2.75, 3.05) is 32.6 Å². The topological polar surface area (TPSA) is 135 Å². The molecule has 0 bridgehead atoms. The van der Waals surface area contributed by atoms with Crippen molar-refractivity contribution in [1.29, 1.82) is 0 Å². The summed E-state index contributed by atoms with van der Waals surface area (Å²) < 4.78 is 30.8. The van der Waals surface area contributed by atoms with Gasteiger partial charge in [-0.25, -0.2) is 4.79 Å². The molecular formula is C46H63BFN4O7S. The number of likely N-dealkylation sites (tertiary alicyclic amines) is 1. The second-order valence-corrected chi connectivity index (χ2v) is 15.8. The van der Waals surface area contributed by atoms with Gasteiger partial charge >= 0.3 is 248 Å². The van der Waals surface area contributed by atoms with E-state index in [9.17, 15) is 23.6 Å². The molecule has 1 aliphatic rings. The first kappa shape index (κ1) is 49.5. The van der Waals surface area contributed by atoms with Crippen LogP contribution in [-0.2, 0) is 43.2 Å². The van der Waals surface area contributed by atoms with Crippen molar-refractivity contribution < 1.29 is 37.8 Å². The number of carbonyl (C=O) groups is 4. The molecule has 1 radical (unpaired) electrons. The third kappa shape index (κ3) is 18.2. The number of piperidine rings is 1. The molecular weight excluding hydrogens is 782 g/mol. The van der Waals surface area contributed by atoms with Crippen LogP contribution in [0.2, 0.25) is 0 Å². The predicted octanol–water partition coefficient (Wildman–Crippen LogP) is 6.67. The quantitative estimate of drug-likeness (QED) is 0.0738. The van der Waals surface area contributed by atoms with Crippen LogP contribution in [0.3, 0.4) is 0 Å². The molecule has 4 rings (SSSR count).